The maximum atomic E-state index is 13.9. The summed E-state index contributed by atoms with van der Waals surface area (Å²) < 4.78 is 13.9. The first-order valence-electron chi connectivity index (χ1n) is 5.07. The lowest BCUT2D eigenvalue weighted by Crippen LogP contribution is -2.23. The van der Waals surface area contributed by atoms with E-state index in [-0.39, 0.29) is 0 Å². The third-order valence-electron chi connectivity index (χ3n) is 2.78. The molecule has 0 spiro atoms. The number of rotatable bonds is 2. The average Bonchev–Trinajstić information content (AvgIpc) is 2.03. The normalized spacial score (nSPS) is 28.8. The van der Waals surface area contributed by atoms with Crippen molar-refractivity contribution in [3.8, 4) is 0 Å². The van der Waals surface area contributed by atoms with Crippen LogP contribution in [0.1, 0.15) is 40.5 Å². The predicted molar refractivity (Wildman–Crippen MR) is 55.4 cm³/mol. The Kier molecular flexibility index (Phi) is 2.94. The number of halogens is 1. The SMILES string of the molecule is CCC1=CC(C(C)C)=CCC1(C)F. The minimum Gasteiger partial charge on any atom is -0.239 e. The number of alkyl halides is 1. The molecule has 1 atom stereocenters. The largest absolute Gasteiger partial charge is 0.239 e. The summed E-state index contributed by atoms with van der Waals surface area (Å²) in [5.74, 6) is 0.512. The van der Waals surface area contributed by atoms with Crippen molar-refractivity contribution in [2.75, 3.05) is 0 Å². The minimum atomic E-state index is -1.10. The second-order valence-corrected chi connectivity index (χ2v) is 4.28. The highest BCUT2D eigenvalue weighted by molar-refractivity contribution is 5.35. The van der Waals surface area contributed by atoms with E-state index in [1.807, 2.05) is 19.1 Å². The summed E-state index contributed by atoms with van der Waals surface area (Å²) in [5.41, 5.74) is 1.12. The highest BCUT2D eigenvalue weighted by Gasteiger charge is 2.29. The van der Waals surface area contributed by atoms with Crippen LogP contribution in [0.15, 0.2) is 23.3 Å². The molecule has 0 aromatic heterocycles. The maximum absolute atomic E-state index is 13.9. The van der Waals surface area contributed by atoms with Crippen LogP contribution in [-0.2, 0) is 0 Å². The molecule has 0 fully saturated rings. The molecule has 0 aliphatic heterocycles. The van der Waals surface area contributed by atoms with E-state index in [9.17, 15) is 4.39 Å². The highest BCUT2D eigenvalue weighted by Crippen LogP contribution is 2.35. The van der Waals surface area contributed by atoms with E-state index in [1.165, 1.54) is 5.57 Å². The molecule has 0 heterocycles. The van der Waals surface area contributed by atoms with Crippen LogP contribution in [0.3, 0.4) is 0 Å². The van der Waals surface area contributed by atoms with E-state index < -0.39 is 5.67 Å². The molecule has 0 radical (unpaired) electrons. The van der Waals surface area contributed by atoms with E-state index >= 15 is 0 Å². The lowest BCUT2D eigenvalue weighted by Gasteiger charge is -2.27. The van der Waals surface area contributed by atoms with E-state index in [2.05, 4.69) is 13.8 Å². The standard InChI is InChI=1S/C12H19F/c1-5-11-8-10(9(2)3)6-7-12(11,4)13/h6,8-9H,5,7H2,1-4H3. The molecule has 13 heavy (non-hydrogen) atoms. The van der Waals surface area contributed by atoms with Crippen molar-refractivity contribution < 1.29 is 4.39 Å². The zero-order valence-electron chi connectivity index (χ0n) is 9.02. The summed E-state index contributed by atoms with van der Waals surface area (Å²) in [5, 5.41) is 0. The molecule has 0 saturated heterocycles. The average molecular weight is 182 g/mol. The van der Waals surface area contributed by atoms with Crippen molar-refractivity contribution in [3.05, 3.63) is 23.3 Å². The van der Waals surface area contributed by atoms with Crippen LogP contribution in [0.5, 0.6) is 0 Å². The quantitative estimate of drug-likeness (QED) is 0.604. The Labute approximate surface area is 80.5 Å². The monoisotopic (exact) mass is 182 g/mol. The lowest BCUT2D eigenvalue weighted by atomic mass is 9.83. The molecule has 0 aromatic rings. The Morgan fingerprint density at radius 2 is 2.15 bits per heavy atom. The van der Waals surface area contributed by atoms with Crippen molar-refractivity contribution >= 4 is 0 Å². The molecule has 0 aromatic carbocycles. The van der Waals surface area contributed by atoms with Gasteiger partial charge in [0.25, 0.3) is 0 Å². The van der Waals surface area contributed by atoms with Gasteiger partial charge in [0.2, 0.25) is 0 Å². The van der Waals surface area contributed by atoms with Crippen LogP contribution >= 0.6 is 0 Å². The van der Waals surface area contributed by atoms with Crippen molar-refractivity contribution in [1.29, 1.82) is 0 Å². The molecule has 1 rings (SSSR count). The summed E-state index contributed by atoms with van der Waals surface area (Å²) in [6, 6.07) is 0. The van der Waals surface area contributed by atoms with E-state index in [4.69, 9.17) is 0 Å². The fourth-order valence-corrected chi connectivity index (χ4v) is 1.72. The summed E-state index contributed by atoms with van der Waals surface area (Å²) in [6.07, 6.45) is 5.43. The molecule has 0 bridgehead atoms. The summed E-state index contributed by atoms with van der Waals surface area (Å²) in [4.78, 5) is 0. The third-order valence-corrected chi connectivity index (χ3v) is 2.78. The topological polar surface area (TPSA) is 0 Å². The summed E-state index contributed by atoms with van der Waals surface area (Å²) in [7, 11) is 0. The van der Waals surface area contributed by atoms with Crippen molar-refractivity contribution in [2.24, 2.45) is 5.92 Å². The third kappa shape index (κ3) is 2.20. The molecule has 0 amide bonds. The van der Waals surface area contributed by atoms with Gasteiger partial charge in [0.15, 0.2) is 0 Å². The zero-order chi connectivity index (χ0) is 10.1. The van der Waals surface area contributed by atoms with Gasteiger partial charge in [0.1, 0.15) is 5.67 Å². The van der Waals surface area contributed by atoms with Gasteiger partial charge in [-0.05, 0) is 30.4 Å². The van der Waals surface area contributed by atoms with Gasteiger partial charge in [0, 0.05) is 6.42 Å². The first-order chi connectivity index (χ1) is 5.97. The van der Waals surface area contributed by atoms with Crippen molar-refractivity contribution in [2.45, 2.75) is 46.2 Å². The van der Waals surface area contributed by atoms with Gasteiger partial charge < -0.3 is 0 Å². The Bertz CT molecular complexity index is 244. The van der Waals surface area contributed by atoms with Gasteiger partial charge in [0.05, 0.1) is 0 Å². The van der Waals surface area contributed by atoms with Gasteiger partial charge in [-0.2, -0.15) is 0 Å². The van der Waals surface area contributed by atoms with Gasteiger partial charge >= 0.3 is 0 Å². The van der Waals surface area contributed by atoms with Gasteiger partial charge in [-0.3, -0.25) is 0 Å². The van der Waals surface area contributed by atoms with Crippen LogP contribution in [-0.4, -0.2) is 5.67 Å². The maximum Gasteiger partial charge on any atom is 0.133 e. The van der Waals surface area contributed by atoms with E-state index in [0.29, 0.717) is 12.3 Å². The fraction of sp³-hybridized carbons (Fsp3) is 0.667. The van der Waals surface area contributed by atoms with Crippen LogP contribution in [0, 0.1) is 5.92 Å². The fourth-order valence-electron chi connectivity index (χ4n) is 1.72. The zero-order valence-corrected chi connectivity index (χ0v) is 9.02. The molecule has 1 unspecified atom stereocenters. The second-order valence-electron chi connectivity index (χ2n) is 4.28. The van der Waals surface area contributed by atoms with Crippen LogP contribution in [0.2, 0.25) is 0 Å². The smallest absolute Gasteiger partial charge is 0.133 e. The first-order valence-corrected chi connectivity index (χ1v) is 5.07. The van der Waals surface area contributed by atoms with Crippen LogP contribution in [0.25, 0.3) is 0 Å². The van der Waals surface area contributed by atoms with Gasteiger partial charge in [-0.25, -0.2) is 4.39 Å². The van der Waals surface area contributed by atoms with E-state index in [1.54, 1.807) is 6.92 Å². The number of hydrogen-bond acceptors (Lipinski definition) is 0. The Morgan fingerprint density at radius 3 is 2.62 bits per heavy atom. The summed E-state index contributed by atoms with van der Waals surface area (Å²) >= 11 is 0. The minimum absolute atomic E-state index is 0.512. The Balaban J connectivity index is 2.90. The Hall–Kier alpha value is -0.590. The molecule has 74 valence electrons. The number of hydrogen-bond donors (Lipinski definition) is 0. The first kappa shape index (κ1) is 10.5. The van der Waals surface area contributed by atoms with Crippen molar-refractivity contribution in [3.63, 3.8) is 0 Å². The van der Waals surface area contributed by atoms with Crippen molar-refractivity contribution in [1.82, 2.24) is 0 Å². The van der Waals surface area contributed by atoms with Gasteiger partial charge in [-0.15, -0.1) is 0 Å². The molecular weight excluding hydrogens is 163 g/mol. The summed E-state index contributed by atoms with van der Waals surface area (Å²) in [6.45, 7) is 8.00. The van der Waals surface area contributed by atoms with Crippen LogP contribution in [0.4, 0.5) is 4.39 Å². The molecule has 0 saturated carbocycles. The van der Waals surface area contributed by atoms with Gasteiger partial charge in [-0.1, -0.05) is 32.9 Å². The molecule has 1 aliphatic carbocycles. The number of allylic oxidation sites excluding steroid dienone is 4. The molecular formula is C12H19F. The predicted octanol–water partition coefficient (Wildman–Crippen LogP) is 4.04. The molecule has 1 aliphatic rings. The molecule has 1 heteroatoms. The Morgan fingerprint density at radius 1 is 1.54 bits per heavy atom. The highest BCUT2D eigenvalue weighted by atomic mass is 19.1. The second kappa shape index (κ2) is 3.65. The lowest BCUT2D eigenvalue weighted by molar-refractivity contribution is 0.234. The van der Waals surface area contributed by atoms with Crippen LogP contribution < -0.4 is 0 Å². The van der Waals surface area contributed by atoms with E-state index in [0.717, 1.165) is 12.0 Å². The molecule has 0 N–H and O–H groups in total. The molecule has 0 nitrogen and oxygen atoms in total.